The number of amides is 1. The Labute approximate surface area is 116 Å². The van der Waals surface area contributed by atoms with Gasteiger partial charge in [0.15, 0.2) is 0 Å². The number of rotatable bonds is 4. The van der Waals surface area contributed by atoms with E-state index in [1.54, 1.807) is 11.9 Å². The average Bonchev–Trinajstić information content (AvgIpc) is 2.75. The topological polar surface area (TPSA) is 46.3 Å². The van der Waals surface area contributed by atoms with Gasteiger partial charge in [0.25, 0.3) is 5.22 Å². The van der Waals surface area contributed by atoms with Crippen LogP contribution >= 0.6 is 11.8 Å². The summed E-state index contributed by atoms with van der Waals surface area (Å²) in [5.74, 6) is 1.13. The lowest BCUT2D eigenvalue weighted by Crippen LogP contribution is -2.27. The van der Waals surface area contributed by atoms with Gasteiger partial charge >= 0.3 is 0 Å². The van der Waals surface area contributed by atoms with Crippen molar-refractivity contribution >= 4 is 23.4 Å². The van der Waals surface area contributed by atoms with Crippen molar-refractivity contribution in [2.45, 2.75) is 19.1 Å². The standard InChI is InChI=1S/C14H16N2O2S/c1-10-11(2)18-14(15-10)19-9-13(17)16(3)12-7-5-4-6-8-12/h4-8H,9H2,1-3H3. The number of carbonyl (C=O) groups is 1. The highest BCUT2D eigenvalue weighted by Crippen LogP contribution is 2.21. The molecule has 0 N–H and O–H groups in total. The normalized spacial score (nSPS) is 10.5. The van der Waals surface area contributed by atoms with Gasteiger partial charge in [0, 0.05) is 12.7 Å². The minimum Gasteiger partial charge on any atom is -0.437 e. The van der Waals surface area contributed by atoms with E-state index in [0.29, 0.717) is 11.0 Å². The van der Waals surface area contributed by atoms with Crippen molar-refractivity contribution < 1.29 is 9.21 Å². The first-order valence-electron chi connectivity index (χ1n) is 5.96. The molecule has 0 aliphatic heterocycles. The van der Waals surface area contributed by atoms with Crippen LogP contribution in [0.15, 0.2) is 40.0 Å². The van der Waals surface area contributed by atoms with Crippen molar-refractivity contribution in [1.82, 2.24) is 4.98 Å². The molecule has 0 aliphatic rings. The van der Waals surface area contributed by atoms with Crippen LogP contribution in [-0.4, -0.2) is 23.7 Å². The largest absolute Gasteiger partial charge is 0.437 e. The third-order valence-corrected chi connectivity index (χ3v) is 3.66. The zero-order valence-electron chi connectivity index (χ0n) is 11.2. The molecule has 1 aromatic carbocycles. The maximum atomic E-state index is 12.0. The Balaban J connectivity index is 1.94. The molecule has 2 aromatic rings. The lowest BCUT2D eigenvalue weighted by atomic mass is 10.3. The van der Waals surface area contributed by atoms with Crippen LogP contribution in [0.25, 0.3) is 0 Å². The van der Waals surface area contributed by atoms with Gasteiger partial charge in [-0.3, -0.25) is 4.79 Å². The zero-order valence-corrected chi connectivity index (χ0v) is 12.0. The number of para-hydroxylation sites is 1. The Bertz CT molecular complexity index is 547. The summed E-state index contributed by atoms with van der Waals surface area (Å²) < 4.78 is 5.43. The second kappa shape index (κ2) is 5.93. The molecule has 1 aromatic heterocycles. The number of thioether (sulfide) groups is 1. The van der Waals surface area contributed by atoms with Gasteiger partial charge in [0.1, 0.15) is 5.76 Å². The molecule has 0 fully saturated rings. The van der Waals surface area contributed by atoms with Crippen molar-refractivity contribution in [3.05, 3.63) is 41.8 Å². The highest BCUT2D eigenvalue weighted by molar-refractivity contribution is 7.99. The van der Waals surface area contributed by atoms with Gasteiger partial charge < -0.3 is 9.32 Å². The molecule has 19 heavy (non-hydrogen) atoms. The van der Waals surface area contributed by atoms with Crippen LogP contribution in [0, 0.1) is 13.8 Å². The summed E-state index contributed by atoms with van der Waals surface area (Å²) >= 11 is 1.32. The Kier molecular flexibility index (Phi) is 4.27. The van der Waals surface area contributed by atoms with Crippen LogP contribution in [-0.2, 0) is 4.79 Å². The highest BCUT2D eigenvalue weighted by atomic mass is 32.2. The number of aromatic nitrogens is 1. The van der Waals surface area contributed by atoms with E-state index in [0.717, 1.165) is 17.1 Å². The molecule has 2 rings (SSSR count). The number of hydrogen-bond donors (Lipinski definition) is 0. The van der Waals surface area contributed by atoms with Gasteiger partial charge in [-0.2, -0.15) is 0 Å². The molecule has 1 heterocycles. The van der Waals surface area contributed by atoms with Crippen molar-refractivity contribution in [2.75, 3.05) is 17.7 Å². The monoisotopic (exact) mass is 276 g/mol. The molecule has 0 spiro atoms. The predicted molar refractivity (Wildman–Crippen MR) is 76.6 cm³/mol. The Morgan fingerprint density at radius 1 is 1.32 bits per heavy atom. The van der Waals surface area contributed by atoms with Crippen LogP contribution in [0.3, 0.4) is 0 Å². The van der Waals surface area contributed by atoms with E-state index in [-0.39, 0.29) is 5.91 Å². The minimum absolute atomic E-state index is 0.0182. The van der Waals surface area contributed by atoms with Crippen molar-refractivity contribution in [3.8, 4) is 0 Å². The van der Waals surface area contributed by atoms with E-state index >= 15 is 0 Å². The highest BCUT2D eigenvalue weighted by Gasteiger charge is 2.13. The van der Waals surface area contributed by atoms with E-state index < -0.39 is 0 Å². The molecule has 0 atom stereocenters. The van der Waals surface area contributed by atoms with Crippen LogP contribution in [0.4, 0.5) is 5.69 Å². The van der Waals surface area contributed by atoms with Crippen LogP contribution in [0.5, 0.6) is 0 Å². The summed E-state index contributed by atoms with van der Waals surface area (Å²) in [6, 6.07) is 9.55. The maximum absolute atomic E-state index is 12.0. The third kappa shape index (κ3) is 3.38. The molecule has 4 nitrogen and oxygen atoms in total. The number of aryl methyl sites for hydroxylation is 2. The number of nitrogens with zero attached hydrogens (tertiary/aromatic N) is 2. The summed E-state index contributed by atoms with van der Waals surface area (Å²) in [6.07, 6.45) is 0. The summed E-state index contributed by atoms with van der Waals surface area (Å²) in [7, 11) is 1.77. The fraction of sp³-hybridized carbons (Fsp3) is 0.286. The van der Waals surface area contributed by atoms with Crippen LogP contribution in [0.1, 0.15) is 11.5 Å². The second-order valence-corrected chi connectivity index (χ2v) is 5.12. The molecular formula is C14H16N2O2S. The predicted octanol–water partition coefficient (Wildman–Crippen LogP) is 3.05. The first kappa shape index (κ1) is 13.7. The van der Waals surface area contributed by atoms with Crippen molar-refractivity contribution in [3.63, 3.8) is 0 Å². The molecule has 1 amide bonds. The van der Waals surface area contributed by atoms with Crippen molar-refractivity contribution in [1.29, 1.82) is 0 Å². The smallest absolute Gasteiger partial charge is 0.256 e. The first-order chi connectivity index (χ1) is 9.08. The summed E-state index contributed by atoms with van der Waals surface area (Å²) in [6.45, 7) is 3.76. The average molecular weight is 276 g/mol. The summed E-state index contributed by atoms with van der Waals surface area (Å²) in [4.78, 5) is 17.9. The number of hydrogen-bond acceptors (Lipinski definition) is 4. The van der Waals surface area contributed by atoms with Gasteiger partial charge in [0.05, 0.1) is 11.4 Å². The second-order valence-electron chi connectivity index (χ2n) is 4.20. The van der Waals surface area contributed by atoms with E-state index in [2.05, 4.69) is 4.98 Å². The SMILES string of the molecule is Cc1nc(SCC(=O)N(C)c2ccccc2)oc1C. The fourth-order valence-corrected chi connectivity index (χ4v) is 2.35. The molecule has 0 saturated carbocycles. The van der Waals surface area contributed by atoms with E-state index in [1.807, 2.05) is 44.2 Å². The molecule has 0 aliphatic carbocycles. The third-order valence-electron chi connectivity index (χ3n) is 2.85. The molecule has 0 unspecified atom stereocenters. The lowest BCUT2D eigenvalue weighted by molar-refractivity contribution is -0.115. The molecule has 0 bridgehead atoms. The van der Waals surface area contributed by atoms with Gasteiger partial charge in [-0.15, -0.1) is 0 Å². The summed E-state index contributed by atoms with van der Waals surface area (Å²) in [5, 5.41) is 0.546. The van der Waals surface area contributed by atoms with Gasteiger partial charge in [-0.05, 0) is 26.0 Å². The maximum Gasteiger partial charge on any atom is 0.256 e. The van der Waals surface area contributed by atoms with Crippen LogP contribution in [0.2, 0.25) is 0 Å². The number of anilines is 1. The summed E-state index contributed by atoms with van der Waals surface area (Å²) in [5.41, 5.74) is 1.75. The Morgan fingerprint density at radius 2 is 2.00 bits per heavy atom. The quantitative estimate of drug-likeness (QED) is 0.805. The fourth-order valence-electron chi connectivity index (χ4n) is 1.52. The van der Waals surface area contributed by atoms with Crippen molar-refractivity contribution in [2.24, 2.45) is 0 Å². The van der Waals surface area contributed by atoms with Gasteiger partial charge in [-0.25, -0.2) is 4.98 Å². The van der Waals surface area contributed by atoms with E-state index in [9.17, 15) is 4.79 Å². The number of benzene rings is 1. The van der Waals surface area contributed by atoms with Gasteiger partial charge in [0.2, 0.25) is 5.91 Å². The number of oxazole rings is 1. The van der Waals surface area contributed by atoms with Gasteiger partial charge in [-0.1, -0.05) is 30.0 Å². The first-order valence-corrected chi connectivity index (χ1v) is 6.95. The molecule has 5 heteroatoms. The Morgan fingerprint density at radius 3 is 2.58 bits per heavy atom. The minimum atomic E-state index is 0.0182. The van der Waals surface area contributed by atoms with Crippen LogP contribution < -0.4 is 4.90 Å². The molecule has 0 radical (unpaired) electrons. The molecule has 0 saturated heterocycles. The zero-order chi connectivity index (χ0) is 13.8. The van der Waals surface area contributed by atoms with E-state index in [4.69, 9.17) is 4.42 Å². The molecular weight excluding hydrogens is 260 g/mol. The lowest BCUT2D eigenvalue weighted by Gasteiger charge is -2.16. The Hall–Kier alpha value is -1.75. The van der Waals surface area contributed by atoms with E-state index in [1.165, 1.54) is 11.8 Å². The molecule has 100 valence electrons. The number of carbonyl (C=O) groups excluding carboxylic acids is 1.